The number of anilines is 3. The molecule has 0 aromatic heterocycles. The summed E-state index contributed by atoms with van der Waals surface area (Å²) in [4.78, 5) is 1.41. The molecule has 1 aliphatic rings. The molecule has 0 fully saturated rings. The molecule has 0 saturated carbocycles. The van der Waals surface area contributed by atoms with E-state index in [1.165, 1.54) is 26.8 Å². The molecule has 10 aromatic carbocycles. The van der Waals surface area contributed by atoms with Crippen molar-refractivity contribution < 1.29 is 11.0 Å². The number of rotatable bonds is 7. The van der Waals surface area contributed by atoms with E-state index in [2.05, 4.69) is 42.5 Å². The van der Waals surface area contributed by atoms with Crippen LogP contribution in [-0.4, -0.2) is 0 Å². The monoisotopic (exact) mass is 745 g/mol. The Balaban J connectivity index is 1.13. The Morgan fingerprint density at radius 1 is 0.345 bits per heavy atom. The summed E-state index contributed by atoms with van der Waals surface area (Å²) in [5.41, 5.74) is 9.24. The van der Waals surface area contributed by atoms with E-state index in [-0.39, 0.29) is 58.8 Å². The summed E-state index contributed by atoms with van der Waals surface area (Å²) >= 11 is 0. The fourth-order valence-corrected chi connectivity index (χ4v) is 8.31. The molecule has 0 aliphatic heterocycles. The van der Waals surface area contributed by atoms with Crippen molar-refractivity contribution in [2.24, 2.45) is 0 Å². The SMILES string of the molecule is [2H]c1c([2H])c(N(c2ccccc2-c2ccc3c(c2)-c2ccc4ccccc4c2C3)c2c([2H])c([2H])c(-c3ccc4ccccc4c3)c([2H])c2[2H])c([2H])c([2H])c1-c1ccc(-c2ccccc2)cc1. The van der Waals surface area contributed by atoms with E-state index in [4.69, 9.17) is 0 Å². The summed E-state index contributed by atoms with van der Waals surface area (Å²) in [5.74, 6) is 0. The van der Waals surface area contributed by atoms with E-state index in [1.54, 1.807) is 30.3 Å². The largest absolute Gasteiger partial charge is 0.310 e. The van der Waals surface area contributed by atoms with Gasteiger partial charge in [0.05, 0.1) is 16.7 Å². The summed E-state index contributed by atoms with van der Waals surface area (Å²) in [6.07, 6.45) is 0.775. The summed E-state index contributed by atoms with van der Waals surface area (Å²) < 4.78 is 76.8. The van der Waals surface area contributed by atoms with Gasteiger partial charge in [-0.1, -0.05) is 182 Å². The van der Waals surface area contributed by atoms with E-state index >= 15 is 0 Å². The molecule has 0 radical (unpaired) electrons. The van der Waals surface area contributed by atoms with Crippen molar-refractivity contribution in [1.82, 2.24) is 0 Å². The third-order valence-corrected chi connectivity index (χ3v) is 11.3. The second-order valence-electron chi connectivity index (χ2n) is 14.7. The normalized spacial score (nSPS) is 13.7. The third-order valence-electron chi connectivity index (χ3n) is 11.3. The molecule has 0 heterocycles. The van der Waals surface area contributed by atoms with Crippen LogP contribution in [0.4, 0.5) is 17.1 Å². The van der Waals surface area contributed by atoms with Crippen molar-refractivity contribution in [2.45, 2.75) is 6.42 Å². The molecule has 272 valence electrons. The summed E-state index contributed by atoms with van der Waals surface area (Å²) in [7, 11) is 0. The van der Waals surface area contributed by atoms with Gasteiger partial charge in [0.1, 0.15) is 0 Å². The Morgan fingerprint density at radius 2 is 0.897 bits per heavy atom. The van der Waals surface area contributed by atoms with Crippen molar-refractivity contribution in [3.8, 4) is 55.6 Å². The fraction of sp³-hybridized carbons (Fsp3) is 0.0175. The zero-order valence-electron chi connectivity index (χ0n) is 39.4. The second-order valence-corrected chi connectivity index (χ2v) is 14.7. The topological polar surface area (TPSA) is 3.24 Å². The molecular formula is C57H39N. The van der Waals surface area contributed by atoms with E-state index in [0.717, 1.165) is 45.0 Å². The quantitative estimate of drug-likeness (QED) is 0.157. The van der Waals surface area contributed by atoms with Crippen LogP contribution in [0.25, 0.3) is 77.2 Å². The molecule has 1 aliphatic carbocycles. The highest BCUT2D eigenvalue weighted by molar-refractivity contribution is 5.97. The first-order valence-electron chi connectivity index (χ1n) is 23.5. The van der Waals surface area contributed by atoms with Gasteiger partial charge in [0.25, 0.3) is 0 Å². The van der Waals surface area contributed by atoms with Gasteiger partial charge < -0.3 is 4.90 Å². The van der Waals surface area contributed by atoms with Crippen LogP contribution in [-0.2, 0) is 6.42 Å². The highest BCUT2D eigenvalue weighted by Gasteiger charge is 2.23. The van der Waals surface area contributed by atoms with E-state index in [9.17, 15) is 11.0 Å². The molecule has 0 N–H and O–H groups in total. The van der Waals surface area contributed by atoms with Crippen LogP contribution in [0.3, 0.4) is 0 Å². The van der Waals surface area contributed by atoms with Gasteiger partial charge in [-0.2, -0.15) is 0 Å². The van der Waals surface area contributed by atoms with Crippen LogP contribution in [0.1, 0.15) is 22.1 Å². The van der Waals surface area contributed by atoms with Gasteiger partial charge >= 0.3 is 0 Å². The predicted octanol–water partition coefficient (Wildman–Crippen LogP) is 15.7. The van der Waals surface area contributed by atoms with Gasteiger partial charge in [-0.3, -0.25) is 0 Å². The second kappa shape index (κ2) is 14.2. The molecule has 0 saturated heterocycles. The first-order chi connectivity index (χ1) is 32.1. The van der Waals surface area contributed by atoms with Gasteiger partial charge in [-0.15, -0.1) is 0 Å². The zero-order valence-corrected chi connectivity index (χ0v) is 31.4. The van der Waals surface area contributed by atoms with Crippen LogP contribution >= 0.6 is 0 Å². The van der Waals surface area contributed by atoms with Gasteiger partial charge in [-0.05, 0) is 132 Å². The molecular weight excluding hydrogens is 699 g/mol. The van der Waals surface area contributed by atoms with Gasteiger partial charge in [0.2, 0.25) is 0 Å². The Bertz CT molecular complexity index is 3550. The highest BCUT2D eigenvalue weighted by atomic mass is 15.1. The van der Waals surface area contributed by atoms with Crippen molar-refractivity contribution in [1.29, 1.82) is 0 Å². The number of fused-ring (bicyclic) bond motifs is 6. The lowest BCUT2D eigenvalue weighted by atomic mass is 9.95. The smallest absolute Gasteiger partial charge is 0.0645 e. The lowest BCUT2D eigenvalue weighted by molar-refractivity contribution is 1.27. The molecule has 58 heavy (non-hydrogen) atoms. The van der Waals surface area contributed by atoms with E-state index < -0.39 is 12.1 Å². The minimum Gasteiger partial charge on any atom is -0.310 e. The Labute approximate surface area is 351 Å². The van der Waals surface area contributed by atoms with Gasteiger partial charge in [0.15, 0.2) is 0 Å². The average Bonchev–Trinajstić information content (AvgIpc) is 3.74. The molecule has 10 aromatic rings. The van der Waals surface area contributed by atoms with Crippen LogP contribution in [0, 0.1) is 0 Å². The van der Waals surface area contributed by atoms with Gasteiger partial charge in [0, 0.05) is 16.9 Å². The Hall–Kier alpha value is -7.48. The molecule has 0 unspecified atom stereocenters. The summed E-state index contributed by atoms with van der Waals surface area (Å²) in [6.45, 7) is 0. The highest BCUT2D eigenvalue weighted by Crippen LogP contribution is 2.46. The number of para-hydroxylation sites is 1. The molecule has 0 amide bonds. The van der Waals surface area contributed by atoms with Crippen molar-refractivity contribution in [3.63, 3.8) is 0 Å². The van der Waals surface area contributed by atoms with Crippen LogP contribution in [0.15, 0.2) is 224 Å². The number of hydrogen-bond donors (Lipinski definition) is 0. The fourth-order valence-electron chi connectivity index (χ4n) is 8.31. The van der Waals surface area contributed by atoms with Crippen molar-refractivity contribution in [2.75, 3.05) is 4.90 Å². The molecule has 0 atom stereocenters. The van der Waals surface area contributed by atoms with Gasteiger partial charge in [-0.25, -0.2) is 0 Å². The van der Waals surface area contributed by atoms with E-state index in [1.807, 2.05) is 103 Å². The molecule has 0 bridgehead atoms. The number of benzene rings is 10. The summed E-state index contributed by atoms with van der Waals surface area (Å²) in [6, 6.07) is 54.0. The van der Waals surface area contributed by atoms with Crippen LogP contribution in [0.5, 0.6) is 0 Å². The Morgan fingerprint density at radius 3 is 1.66 bits per heavy atom. The lowest BCUT2D eigenvalue weighted by Gasteiger charge is -2.28. The maximum atomic E-state index is 9.71. The maximum Gasteiger partial charge on any atom is 0.0645 e. The molecule has 0 spiro atoms. The van der Waals surface area contributed by atoms with Crippen molar-refractivity contribution >= 4 is 38.6 Å². The maximum absolute atomic E-state index is 9.71. The third kappa shape index (κ3) is 6.05. The number of nitrogens with zero attached hydrogens (tertiary/aromatic N) is 1. The minimum absolute atomic E-state index is 0.109. The number of hydrogen-bond acceptors (Lipinski definition) is 1. The first-order valence-corrected chi connectivity index (χ1v) is 19.5. The molecule has 1 heteroatoms. The predicted molar refractivity (Wildman–Crippen MR) is 246 cm³/mol. The summed E-state index contributed by atoms with van der Waals surface area (Å²) in [5, 5.41) is 4.23. The minimum atomic E-state index is -0.391. The van der Waals surface area contributed by atoms with E-state index in [0.29, 0.717) is 22.4 Å². The van der Waals surface area contributed by atoms with Crippen LogP contribution in [0.2, 0.25) is 0 Å². The first kappa shape index (κ1) is 26.4. The van der Waals surface area contributed by atoms with Crippen LogP contribution < -0.4 is 4.90 Å². The molecule has 1 nitrogen and oxygen atoms in total. The Kier molecular flexibility index (Phi) is 6.47. The standard InChI is InChI=1S/C57H39N/c1-2-10-39(11-3-1)41-18-20-42(21-19-41)43-26-31-50(32-27-43)58(51-33-28-44(29-34-51)47-23-22-40-12-4-5-14-46(40)36-47)57-17-9-8-16-53(57)48-24-25-49-38-56-52-15-7-6-13-45(52)30-35-54(56)55(49)37-48/h1-37H,38H2/i26D,27D,28D,29D,31D,32D,33D,34D. The molecule has 11 rings (SSSR count). The lowest BCUT2D eigenvalue weighted by Crippen LogP contribution is -2.11. The average molecular weight is 746 g/mol. The zero-order chi connectivity index (χ0) is 45.4. The van der Waals surface area contributed by atoms with Crippen molar-refractivity contribution in [3.05, 3.63) is 235 Å².